The molecule has 6 heteroatoms. The number of aromatic nitrogens is 5. The molecule has 16 heavy (non-hydrogen) atoms. The third-order valence-corrected chi connectivity index (χ3v) is 2.24. The van der Waals surface area contributed by atoms with E-state index in [0.717, 1.165) is 30.2 Å². The normalized spacial score (nSPS) is 10.4. The first-order valence-corrected chi connectivity index (χ1v) is 5.23. The van der Waals surface area contributed by atoms with Crippen molar-refractivity contribution < 1.29 is 0 Å². The Balaban J connectivity index is 2.37. The number of rotatable bonds is 4. The van der Waals surface area contributed by atoms with Gasteiger partial charge in [0, 0.05) is 19.7 Å². The molecule has 2 aromatic heterocycles. The smallest absolute Gasteiger partial charge is 0.129 e. The molecule has 2 rings (SSSR count). The molecule has 6 nitrogen and oxygen atoms in total. The molecule has 2 heterocycles. The average molecular weight is 218 g/mol. The zero-order valence-electron chi connectivity index (χ0n) is 9.38. The van der Waals surface area contributed by atoms with E-state index in [1.54, 1.807) is 6.20 Å². The van der Waals surface area contributed by atoms with Crippen molar-refractivity contribution in [3.8, 4) is 11.4 Å². The minimum Gasteiger partial charge on any atom is -0.373 e. The van der Waals surface area contributed by atoms with E-state index in [2.05, 4.69) is 32.5 Å². The SMILES string of the molecule is CCCn1nncc1-c1cc(NC)ncn1. The fourth-order valence-corrected chi connectivity index (χ4v) is 1.47. The quantitative estimate of drug-likeness (QED) is 0.834. The van der Waals surface area contributed by atoms with Crippen molar-refractivity contribution in [1.29, 1.82) is 0 Å². The second-order valence-electron chi connectivity index (χ2n) is 3.38. The van der Waals surface area contributed by atoms with Gasteiger partial charge >= 0.3 is 0 Å². The largest absolute Gasteiger partial charge is 0.373 e. The van der Waals surface area contributed by atoms with Gasteiger partial charge in [0.25, 0.3) is 0 Å². The van der Waals surface area contributed by atoms with E-state index >= 15 is 0 Å². The Kier molecular flexibility index (Phi) is 3.09. The van der Waals surface area contributed by atoms with E-state index < -0.39 is 0 Å². The first-order valence-electron chi connectivity index (χ1n) is 5.23. The highest BCUT2D eigenvalue weighted by molar-refractivity contribution is 5.57. The van der Waals surface area contributed by atoms with Crippen LogP contribution in [0.15, 0.2) is 18.6 Å². The van der Waals surface area contributed by atoms with Crippen LogP contribution in [-0.4, -0.2) is 32.0 Å². The maximum absolute atomic E-state index is 4.22. The number of anilines is 1. The third kappa shape index (κ3) is 2.00. The van der Waals surface area contributed by atoms with Crippen molar-refractivity contribution in [1.82, 2.24) is 25.0 Å². The Morgan fingerprint density at radius 2 is 2.25 bits per heavy atom. The van der Waals surface area contributed by atoms with Gasteiger partial charge < -0.3 is 5.32 Å². The molecule has 0 aliphatic rings. The molecule has 0 atom stereocenters. The molecule has 1 N–H and O–H groups in total. The minimum atomic E-state index is 0.786. The van der Waals surface area contributed by atoms with Crippen molar-refractivity contribution in [3.63, 3.8) is 0 Å². The van der Waals surface area contributed by atoms with Crippen molar-refractivity contribution in [3.05, 3.63) is 18.6 Å². The molecular formula is C10H14N6. The Bertz CT molecular complexity index is 464. The zero-order valence-corrected chi connectivity index (χ0v) is 9.38. The van der Waals surface area contributed by atoms with E-state index in [-0.39, 0.29) is 0 Å². The first kappa shape index (κ1) is 10.5. The predicted molar refractivity (Wildman–Crippen MR) is 60.9 cm³/mol. The maximum atomic E-state index is 4.22. The van der Waals surface area contributed by atoms with Gasteiger partial charge in [-0.05, 0) is 6.42 Å². The lowest BCUT2D eigenvalue weighted by Gasteiger charge is -2.04. The zero-order chi connectivity index (χ0) is 11.4. The molecule has 0 aliphatic carbocycles. The Morgan fingerprint density at radius 3 is 3.00 bits per heavy atom. The van der Waals surface area contributed by atoms with Crippen molar-refractivity contribution >= 4 is 5.82 Å². The summed E-state index contributed by atoms with van der Waals surface area (Å²) in [5, 5.41) is 10.9. The van der Waals surface area contributed by atoms with E-state index in [9.17, 15) is 0 Å². The van der Waals surface area contributed by atoms with Crippen LogP contribution in [0.5, 0.6) is 0 Å². The summed E-state index contributed by atoms with van der Waals surface area (Å²) >= 11 is 0. The molecule has 0 fully saturated rings. The predicted octanol–water partition coefficient (Wildman–Crippen LogP) is 1.19. The van der Waals surface area contributed by atoms with Gasteiger partial charge in [0.2, 0.25) is 0 Å². The fraction of sp³-hybridized carbons (Fsp3) is 0.400. The summed E-state index contributed by atoms with van der Waals surface area (Å²) in [7, 11) is 1.83. The van der Waals surface area contributed by atoms with Gasteiger partial charge in [0.1, 0.15) is 17.8 Å². The Labute approximate surface area is 93.7 Å². The summed E-state index contributed by atoms with van der Waals surface area (Å²) in [6, 6.07) is 1.88. The summed E-state index contributed by atoms with van der Waals surface area (Å²) in [6.07, 6.45) is 4.27. The number of hydrogen-bond acceptors (Lipinski definition) is 5. The van der Waals surface area contributed by atoms with Crippen LogP contribution in [0.3, 0.4) is 0 Å². The second-order valence-corrected chi connectivity index (χ2v) is 3.38. The molecule has 0 saturated carbocycles. The van der Waals surface area contributed by atoms with Crippen LogP contribution in [0.2, 0.25) is 0 Å². The summed E-state index contributed by atoms with van der Waals surface area (Å²) in [6.45, 7) is 2.94. The van der Waals surface area contributed by atoms with Gasteiger partial charge in [-0.2, -0.15) is 0 Å². The summed E-state index contributed by atoms with van der Waals surface area (Å²) in [4.78, 5) is 8.29. The number of hydrogen-bond donors (Lipinski definition) is 1. The highest BCUT2D eigenvalue weighted by Crippen LogP contribution is 2.17. The van der Waals surface area contributed by atoms with Crippen molar-refractivity contribution in [2.75, 3.05) is 12.4 Å². The first-order chi connectivity index (χ1) is 7.85. The highest BCUT2D eigenvalue weighted by atomic mass is 15.4. The van der Waals surface area contributed by atoms with E-state index in [4.69, 9.17) is 0 Å². The number of nitrogens with one attached hydrogen (secondary N) is 1. The molecule has 0 saturated heterocycles. The van der Waals surface area contributed by atoms with E-state index in [0.29, 0.717) is 0 Å². The summed E-state index contributed by atoms with van der Waals surface area (Å²) in [5.41, 5.74) is 1.75. The lowest BCUT2D eigenvalue weighted by atomic mass is 10.3. The minimum absolute atomic E-state index is 0.786. The lowest BCUT2D eigenvalue weighted by molar-refractivity contribution is 0.583. The van der Waals surface area contributed by atoms with Gasteiger partial charge in [-0.25, -0.2) is 14.6 Å². The molecule has 2 aromatic rings. The molecule has 0 radical (unpaired) electrons. The number of aryl methyl sites for hydroxylation is 1. The van der Waals surface area contributed by atoms with Crippen LogP contribution >= 0.6 is 0 Å². The van der Waals surface area contributed by atoms with Crippen LogP contribution < -0.4 is 5.32 Å². The summed E-state index contributed by atoms with van der Waals surface area (Å²) < 4.78 is 1.85. The van der Waals surface area contributed by atoms with Crippen LogP contribution in [0.25, 0.3) is 11.4 Å². The molecule has 0 aromatic carbocycles. The molecular weight excluding hydrogens is 204 g/mol. The number of nitrogens with zero attached hydrogens (tertiary/aromatic N) is 5. The van der Waals surface area contributed by atoms with Gasteiger partial charge in [0.05, 0.1) is 11.9 Å². The van der Waals surface area contributed by atoms with Crippen molar-refractivity contribution in [2.45, 2.75) is 19.9 Å². The monoisotopic (exact) mass is 218 g/mol. The average Bonchev–Trinajstić information content (AvgIpc) is 2.78. The molecule has 84 valence electrons. The standard InChI is InChI=1S/C10H14N6/c1-3-4-16-9(6-14-15-16)8-5-10(11-2)13-7-12-8/h5-7H,3-4H2,1-2H3,(H,11,12,13). The molecule has 0 aliphatic heterocycles. The Hall–Kier alpha value is -1.98. The maximum Gasteiger partial charge on any atom is 0.129 e. The Morgan fingerprint density at radius 1 is 1.38 bits per heavy atom. The van der Waals surface area contributed by atoms with Crippen LogP contribution in [0.1, 0.15) is 13.3 Å². The van der Waals surface area contributed by atoms with E-state index in [1.807, 2.05) is 17.8 Å². The van der Waals surface area contributed by atoms with Crippen molar-refractivity contribution in [2.24, 2.45) is 0 Å². The molecule has 0 unspecified atom stereocenters. The molecule has 0 spiro atoms. The third-order valence-electron chi connectivity index (χ3n) is 2.24. The highest BCUT2D eigenvalue weighted by Gasteiger charge is 2.08. The van der Waals surface area contributed by atoms with Gasteiger partial charge in [-0.3, -0.25) is 0 Å². The van der Waals surface area contributed by atoms with Gasteiger partial charge in [-0.1, -0.05) is 12.1 Å². The van der Waals surface area contributed by atoms with Gasteiger partial charge in [-0.15, -0.1) is 5.10 Å². The topological polar surface area (TPSA) is 68.5 Å². The van der Waals surface area contributed by atoms with E-state index in [1.165, 1.54) is 6.33 Å². The van der Waals surface area contributed by atoms with Gasteiger partial charge in [0.15, 0.2) is 0 Å². The van der Waals surface area contributed by atoms with Crippen LogP contribution in [-0.2, 0) is 6.54 Å². The molecule has 0 amide bonds. The fourth-order valence-electron chi connectivity index (χ4n) is 1.47. The molecule has 0 bridgehead atoms. The summed E-state index contributed by atoms with van der Waals surface area (Å²) in [5.74, 6) is 0.786. The second kappa shape index (κ2) is 4.69. The lowest BCUT2D eigenvalue weighted by Crippen LogP contribution is -2.03. The van der Waals surface area contributed by atoms with Crippen LogP contribution in [0, 0.1) is 0 Å². The van der Waals surface area contributed by atoms with Crippen LogP contribution in [0.4, 0.5) is 5.82 Å².